The van der Waals surface area contributed by atoms with Crippen molar-refractivity contribution in [1.82, 2.24) is 9.80 Å². The van der Waals surface area contributed by atoms with Gasteiger partial charge in [0, 0.05) is 43.6 Å². The first-order chi connectivity index (χ1) is 15.9. The van der Waals surface area contributed by atoms with Crippen LogP contribution in [0.1, 0.15) is 41.5 Å². The Morgan fingerprint density at radius 1 is 0.889 bits per heavy atom. The molecule has 200 valence electrons. The van der Waals surface area contributed by atoms with Gasteiger partial charge in [-0.3, -0.25) is 9.09 Å². The summed E-state index contributed by atoms with van der Waals surface area (Å²) in [5.41, 5.74) is 20.7. The van der Waals surface area contributed by atoms with E-state index in [-0.39, 0.29) is 60.2 Å². The van der Waals surface area contributed by atoms with Crippen molar-refractivity contribution in [1.29, 1.82) is 0 Å². The van der Waals surface area contributed by atoms with Gasteiger partial charge < -0.3 is 30.3 Å². The van der Waals surface area contributed by atoms with Crippen molar-refractivity contribution >= 4 is 22.3 Å². The van der Waals surface area contributed by atoms with Gasteiger partial charge in [0.05, 0.1) is 12.9 Å². The fourth-order valence-corrected chi connectivity index (χ4v) is 3.12. The number of ether oxygens (including phenoxy) is 2. The van der Waals surface area contributed by atoms with Gasteiger partial charge in [-0.2, -0.15) is 8.42 Å². The van der Waals surface area contributed by atoms with Gasteiger partial charge in [-0.1, -0.05) is 5.11 Å². The Balaban J connectivity index is 0. The summed E-state index contributed by atoms with van der Waals surface area (Å²) < 4.78 is 36.5. The molecular weight excluding hydrogens is 507 g/mol. The van der Waals surface area contributed by atoms with E-state index in [9.17, 15) is 18.0 Å². The molecule has 2 fully saturated rings. The van der Waals surface area contributed by atoms with Crippen molar-refractivity contribution in [2.75, 3.05) is 45.6 Å². The minimum absolute atomic E-state index is 0. The average molecular weight is 543 g/mol. The largest absolute Gasteiger partial charge is 1.00 e. The second-order valence-electron chi connectivity index (χ2n) is 9.99. The smallest absolute Gasteiger partial charge is 0.444 e. The quantitative estimate of drug-likeness (QED) is 0.161. The van der Waals surface area contributed by atoms with E-state index >= 15 is 0 Å². The molecule has 36 heavy (non-hydrogen) atoms. The molecule has 2 amide bonds. The zero-order valence-corrected chi connectivity index (χ0v) is 25.1. The third-order valence-corrected chi connectivity index (χ3v) is 4.70. The average Bonchev–Trinajstić information content (AvgIpc) is 2.56. The molecule has 0 unspecified atom stereocenters. The zero-order valence-electron chi connectivity index (χ0n) is 22.2. The SMILES string of the molecule is CC(C)(C)OC(=O)N1CC(CN=[N+]=[N-])C1.CC(C)(C)OC(=O)N1CC(COS(C)(=O)=O)C1.[N-]=[N+]=[N-].[Na+]. The van der Waals surface area contributed by atoms with Crippen molar-refractivity contribution in [2.45, 2.75) is 52.7 Å². The van der Waals surface area contributed by atoms with E-state index in [1.54, 1.807) is 25.7 Å². The Morgan fingerprint density at radius 3 is 1.56 bits per heavy atom. The van der Waals surface area contributed by atoms with E-state index in [4.69, 9.17) is 26.1 Å². The van der Waals surface area contributed by atoms with Crippen LogP contribution in [0, 0.1) is 11.8 Å². The van der Waals surface area contributed by atoms with Gasteiger partial charge in [0.2, 0.25) is 0 Å². The summed E-state index contributed by atoms with van der Waals surface area (Å²) in [6.45, 7) is 13.7. The molecule has 2 rings (SSSR count). The molecular formula is C19H35N8NaO7S. The Labute approximate surface area is 234 Å². The standard InChI is InChI=1S/C10H19NO5S.C9H16N4O2.N3.Na/c1-10(2,3)16-9(12)11-5-8(6-11)7-15-17(4,13)14;1-9(2,3)15-8(14)13-5-7(6-13)4-11-12-10;1-3-2;/h8H,5-7H2,1-4H3;7H,4-6H2,1-3H3;;/q;;-1;+1. The van der Waals surface area contributed by atoms with Crippen molar-refractivity contribution in [2.24, 2.45) is 17.0 Å². The molecule has 0 aromatic heterocycles. The number of likely N-dealkylation sites (tertiary alicyclic amines) is 2. The van der Waals surface area contributed by atoms with Gasteiger partial charge in [-0.25, -0.2) is 9.59 Å². The summed E-state index contributed by atoms with van der Waals surface area (Å²) in [4.78, 5) is 30.3. The maximum Gasteiger partial charge on any atom is 1.00 e. The number of hydrogen-bond acceptors (Lipinski definition) is 8. The molecule has 2 aliphatic heterocycles. The Kier molecular flexibility index (Phi) is 16.1. The van der Waals surface area contributed by atoms with E-state index in [1.807, 2.05) is 20.8 Å². The first kappa shape index (κ1) is 36.2. The van der Waals surface area contributed by atoms with Crippen LogP contribution in [0.4, 0.5) is 9.59 Å². The van der Waals surface area contributed by atoms with Crippen molar-refractivity contribution in [3.05, 3.63) is 26.4 Å². The number of nitrogens with zero attached hydrogens (tertiary/aromatic N) is 8. The van der Waals surface area contributed by atoms with Crippen LogP contribution in [-0.2, 0) is 23.8 Å². The normalized spacial score (nSPS) is 15.5. The minimum atomic E-state index is -3.40. The summed E-state index contributed by atoms with van der Waals surface area (Å²) >= 11 is 0. The van der Waals surface area contributed by atoms with Crippen molar-refractivity contribution in [3.8, 4) is 0 Å². The Bertz CT molecular complexity index is 896. The second-order valence-corrected chi connectivity index (χ2v) is 11.6. The third kappa shape index (κ3) is 17.5. The molecule has 0 saturated carbocycles. The minimum Gasteiger partial charge on any atom is -0.444 e. The first-order valence-corrected chi connectivity index (χ1v) is 12.5. The van der Waals surface area contributed by atoms with Crippen LogP contribution >= 0.6 is 0 Å². The van der Waals surface area contributed by atoms with Crippen LogP contribution in [0.2, 0.25) is 0 Å². The summed E-state index contributed by atoms with van der Waals surface area (Å²) in [6.07, 6.45) is 0.352. The van der Waals surface area contributed by atoms with Gasteiger partial charge in [-0.05, 0) is 53.0 Å². The van der Waals surface area contributed by atoms with Gasteiger partial charge >= 0.3 is 41.7 Å². The molecule has 2 aliphatic rings. The van der Waals surface area contributed by atoms with Crippen LogP contribution in [0.3, 0.4) is 0 Å². The van der Waals surface area contributed by atoms with E-state index < -0.39 is 21.3 Å². The van der Waals surface area contributed by atoms with Crippen molar-refractivity contribution in [3.63, 3.8) is 0 Å². The molecule has 0 radical (unpaired) electrons. The van der Waals surface area contributed by atoms with Crippen LogP contribution < -0.4 is 29.6 Å². The van der Waals surface area contributed by atoms with E-state index in [1.165, 1.54) is 9.81 Å². The fourth-order valence-electron chi connectivity index (χ4n) is 2.68. The molecule has 17 heteroatoms. The van der Waals surface area contributed by atoms with Crippen LogP contribution in [0.15, 0.2) is 5.11 Å². The molecule has 2 saturated heterocycles. The molecule has 0 aliphatic carbocycles. The van der Waals surface area contributed by atoms with Crippen LogP contribution in [0.25, 0.3) is 26.4 Å². The monoisotopic (exact) mass is 542 g/mol. The molecule has 0 spiro atoms. The van der Waals surface area contributed by atoms with Crippen LogP contribution in [-0.4, -0.2) is 87.2 Å². The number of azide groups is 1. The molecule has 0 N–H and O–H groups in total. The Hall–Kier alpha value is -1.93. The molecule has 0 bridgehead atoms. The Morgan fingerprint density at radius 2 is 1.25 bits per heavy atom. The first-order valence-electron chi connectivity index (χ1n) is 10.7. The molecule has 0 aromatic rings. The third-order valence-electron chi connectivity index (χ3n) is 4.14. The van der Waals surface area contributed by atoms with Crippen molar-refractivity contribution < 1.29 is 61.2 Å². The zero-order chi connectivity index (χ0) is 27.4. The maximum absolute atomic E-state index is 11.5. The fraction of sp³-hybridized carbons (Fsp3) is 0.895. The predicted molar refractivity (Wildman–Crippen MR) is 127 cm³/mol. The van der Waals surface area contributed by atoms with Gasteiger partial charge in [0.1, 0.15) is 11.2 Å². The molecule has 2 heterocycles. The number of hydrogen-bond donors (Lipinski definition) is 0. The number of rotatable bonds is 5. The van der Waals surface area contributed by atoms with E-state index in [0.717, 1.165) is 6.26 Å². The maximum atomic E-state index is 11.5. The van der Waals surface area contributed by atoms with E-state index in [0.29, 0.717) is 32.7 Å². The topological polar surface area (TPSA) is 210 Å². The summed E-state index contributed by atoms with van der Waals surface area (Å²) in [6, 6.07) is 0. The van der Waals surface area contributed by atoms with Gasteiger partial charge in [0.25, 0.3) is 10.1 Å². The molecule has 15 nitrogen and oxygen atoms in total. The summed E-state index contributed by atoms with van der Waals surface area (Å²) in [5, 5.41) is 3.46. The second kappa shape index (κ2) is 16.0. The number of amides is 2. The van der Waals surface area contributed by atoms with Crippen LogP contribution in [0.5, 0.6) is 0 Å². The van der Waals surface area contributed by atoms with Gasteiger partial charge in [0.15, 0.2) is 0 Å². The summed E-state index contributed by atoms with van der Waals surface area (Å²) in [7, 11) is -3.40. The van der Waals surface area contributed by atoms with E-state index in [2.05, 4.69) is 14.2 Å². The number of carbonyl (C=O) groups excluding carboxylic acids is 2. The molecule has 0 atom stereocenters. The molecule has 0 aromatic carbocycles. The predicted octanol–water partition coefficient (Wildman–Crippen LogP) is 0.863. The number of carbonyl (C=O) groups is 2. The van der Waals surface area contributed by atoms with Gasteiger partial charge in [-0.15, -0.1) is 0 Å². The summed E-state index contributed by atoms with van der Waals surface area (Å²) in [5.74, 6) is 0.352.